The van der Waals surface area contributed by atoms with Crippen LogP contribution in [-0.4, -0.2) is 7.11 Å². The zero-order chi connectivity index (χ0) is 10.7. The molecule has 0 fully saturated rings. The molecule has 0 heterocycles. The Bertz CT molecular complexity index is 466. The first-order valence-electron chi connectivity index (χ1n) is 4.72. The third-order valence-corrected chi connectivity index (χ3v) is 2.29. The number of rotatable bonds is 2. The second-order valence-corrected chi connectivity index (χ2v) is 3.21. The van der Waals surface area contributed by atoms with Crippen molar-refractivity contribution in [3.8, 4) is 16.9 Å². The number of anilines is 1. The first-order valence-corrected chi connectivity index (χ1v) is 4.72. The van der Waals surface area contributed by atoms with Crippen molar-refractivity contribution in [1.29, 1.82) is 0 Å². The number of ether oxygens (including phenoxy) is 1. The molecule has 0 aliphatic heterocycles. The fourth-order valence-electron chi connectivity index (χ4n) is 1.56. The highest BCUT2D eigenvalue weighted by molar-refractivity contribution is 5.80. The predicted molar refractivity (Wildman–Crippen MR) is 61.7 cm³/mol. The van der Waals surface area contributed by atoms with Gasteiger partial charge in [-0.3, -0.25) is 0 Å². The molecule has 0 aliphatic rings. The minimum Gasteiger partial charge on any atom is -0.496 e. The minimum absolute atomic E-state index is 0.710. The van der Waals surface area contributed by atoms with Crippen LogP contribution in [0.3, 0.4) is 0 Å². The lowest BCUT2D eigenvalue weighted by Gasteiger charge is -2.09. The zero-order valence-corrected chi connectivity index (χ0v) is 8.53. The molecule has 2 rings (SSSR count). The molecule has 2 N–H and O–H groups in total. The maximum atomic E-state index is 5.89. The first kappa shape index (κ1) is 9.59. The molecule has 0 bridgehead atoms. The minimum atomic E-state index is 0.710. The first-order chi connectivity index (χ1) is 7.33. The van der Waals surface area contributed by atoms with Crippen molar-refractivity contribution < 1.29 is 4.74 Å². The van der Waals surface area contributed by atoms with E-state index in [1.807, 2.05) is 36.4 Å². The Balaban J connectivity index is 2.59. The Morgan fingerprint density at radius 2 is 1.93 bits per heavy atom. The van der Waals surface area contributed by atoms with Gasteiger partial charge in [0.2, 0.25) is 0 Å². The Labute approximate surface area is 89.3 Å². The molecule has 0 saturated heterocycles. The second-order valence-electron chi connectivity index (χ2n) is 3.21. The van der Waals surface area contributed by atoms with Gasteiger partial charge in [0.15, 0.2) is 0 Å². The summed E-state index contributed by atoms with van der Waals surface area (Å²) in [6, 6.07) is 16.3. The summed E-state index contributed by atoms with van der Waals surface area (Å²) >= 11 is 0. The summed E-state index contributed by atoms with van der Waals surface area (Å²) in [7, 11) is 1.66. The number of benzene rings is 2. The third kappa shape index (κ3) is 1.79. The fourth-order valence-corrected chi connectivity index (χ4v) is 1.56. The lowest BCUT2D eigenvalue weighted by molar-refractivity contribution is 0.416. The van der Waals surface area contributed by atoms with E-state index in [0.29, 0.717) is 5.69 Å². The van der Waals surface area contributed by atoms with Gasteiger partial charge in [-0.2, -0.15) is 0 Å². The van der Waals surface area contributed by atoms with E-state index in [-0.39, 0.29) is 0 Å². The van der Waals surface area contributed by atoms with Crippen LogP contribution in [0, 0.1) is 6.07 Å². The standard InChI is InChI=1S/C13H12NO/c1-15-13-9-5-3-7-11(13)10-6-2-4-8-12(10)14/h2-3,5-9H,14H2,1H3. The van der Waals surface area contributed by atoms with Gasteiger partial charge in [0.05, 0.1) is 7.11 Å². The Hall–Kier alpha value is -1.96. The second kappa shape index (κ2) is 4.05. The molecule has 0 spiro atoms. The maximum absolute atomic E-state index is 5.89. The molecule has 0 aromatic heterocycles. The van der Waals surface area contributed by atoms with Crippen LogP contribution in [0.1, 0.15) is 0 Å². The molecule has 2 nitrogen and oxygen atoms in total. The van der Waals surface area contributed by atoms with Gasteiger partial charge in [-0.1, -0.05) is 30.3 Å². The van der Waals surface area contributed by atoms with Gasteiger partial charge < -0.3 is 10.5 Å². The number of nitrogens with two attached hydrogens (primary N) is 1. The number of para-hydroxylation sites is 1. The van der Waals surface area contributed by atoms with Gasteiger partial charge in [0.25, 0.3) is 0 Å². The van der Waals surface area contributed by atoms with Gasteiger partial charge in [-0.05, 0) is 18.2 Å². The highest BCUT2D eigenvalue weighted by Crippen LogP contribution is 2.32. The van der Waals surface area contributed by atoms with Gasteiger partial charge >= 0.3 is 0 Å². The lowest BCUT2D eigenvalue weighted by atomic mass is 10.0. The van der Waals surface area contributed by atoms with Crippen LogP contribution in [0.15, 0.2) is 42.5 Å². The molecule has 2 aromatic carbocycles. The molecule has 0 aliphatic carbocycles. The van der Waals surface area contributed by atoms with Crippen molar-refractivity contribution in [2.24, 2.45) is 0 Å². The third-order valence-electron chi connectivity index (χ3n) is 2.29. The molecular weight excluding hydrogens is 186 g/mol. The smallest absolute Gasteiger partial charge is 0.126 e. The van der Waals surface area contributed by atoms with Crippen LogP contribution in [-0.2, 0) is 0 Å². The summed E-state index contributed by atoms with van der Waals surface area (Å²) < 4.78 is 5.29. The van der Waals surface area contributed by atoms with Crippen molar-refractivity contribution in [3.63, 3.8) is 0 Å². The monoisotopic (exact) mass is 198 g/mol. The molecule has 2 heteroatoms. The molecular formula is C13H12NO. The van der Waals surface area contributed by atoms with Crippen molar-refractivity contribution in [3.05, 3.63) is 48.5 Å². The van der Waals surface area contributed by atoms with E-state index in [1.165, 1.54) is 0 Å². The average molecular weight is 198 g/mol. The van der Waals surface area contributed by atoms with E-state index >= 15 is 0 Å². The Kier molecular flexibility index (Phi) is 2.59. The topological polar surface area (TPSA) is 35.2 Å². The van der Waals surface area contributed by atoms with Crippen molar-refractivity contribution >= 4 is 5.69 Å². The summed E-state index contributed by atoms with van der Waals surface area (Å²) in [6.07, 6.45) is 0. The van der Waals surface area contributed by atoms with E-state index in [1.54, 1.807) is 13.2 Å². The van der Waals surface area contributed by atoms with Crippen LogP contribution in [0.25, 0.3) is 11.1 Å². The van der Waals surface area contributed by atoms with Crippen LogP contribution >= 0.6 is 0 Å². The van der Waals surface area contributed by atoms with Crippen molar-refractivity contribution in [1.82, 2.24) is 0 Å². The fraction of sp³-hybridized carbons (Fsp3) is 0.0769. The van der Waals surface area contributed by atoms with Gasteiger partial charge in [-0.25, -0.2) is 0 Å². The van der Waals surface area contributed by atoms with Crippen LogP contribution in [0.4, 0.5) is 5.69 Å². The summed E-state index contributed by atoms with van der Waals surface area (Å²) in [5.74, 6) is 0.829. The SMILES string of the molecule is COc1ccccc1-c1cc[c]cc1N. The van der Waals surface area contributed by atoms with E-state index in [0.717, 1.165) is 16.9 Å². The number of nitrogen functional groups attached to an aromatic ring is 1. The van der Waals surface area contributed by atoms with Gasteiger partial charge in [0, 0.05) is 16.8 Å². The van der Waals surface area contributed by atoms with Crippen LogP contribution in [0.2, 0.25) is 0 Å². The van der Waals surface area contributed by atoms with Gasteiger partial charge in [0.1, 0.15) is 5.75 Å². The summed E-state index contributed by atoms with van der Waals surface area (Å²) in [5, 5.41) is 0. The molecule has 2 aromatic rings. The summed E-state index contributed by atoms with van der Waals surface area (Å²) in [6.45, 7) is 0. The summed E-state index contributed by atoms with van der Waals surface area (Å²) in [4.78, 5) is 0. The highest BCUT2D eigenvalue weighted by Gasteiger charge is 2.06. The predicted octanol–water partition coefficient (Wildman–Crippen LogP) is 2.74. The average Bonchev–Trinajstić information content (AvgIpc) is 2.30. The summed E-state index contributed by atoms with van der Waals surface area (Å²) in [5.41, 5.74) is 8.58. The van der Waals surface area contributed by atoms with Crippen molar-refractivity contribution in [2.75, 3.05) is 12.8 Å². The highest BCUT2D eigenvalue weighted by atomic mass is 16.5. The van der Waals surface area contributed by atoms with Gasteiger partial charge in [-0.15, -0.1) is 0 Å². The molecule has 0 saturated carbocycles. The van der Waals surface area contributed by atoms with Crippen molar-refractivity contribution in [2.45, 2.75) is 0 Å². The Morgan fingerprint density at radius 1 is 1.13 bits per heavy atom. The molecule has 75 valence electrons. The molecule has 15 heavy (non-hydrogen) atoms. The van der Waals surface area contributed by atoms with E-state index < -0.39 is 0 Å². The van der Waals surface area contributed by atoms with E-state index in [9.17, 15) is 0 Å². The van der Waals surface area contributed by atoms with E-state index in [2.05, 4.69) is 6.07 Å². The van der Waals surface area contributed by atoms with E-state index in [4.69, 9.17) is 10.5 Å². The quantitative estimate of drug-likeness (QED) is 0.753. The number of methoxy groups -OCH3 is 1. The molecule has 0 atom stereocenters. The molecule has 0 amide bonds. The Morgan fingerprint density at radius 3 is 2.67 bits per heavy atom. The zero-order valence-electron chi connectivity index (χ0n) is 8.53. The number of hydrogen-bond donors (Lipinski definition) is 1. The maximum Gasteiger partial charge on any atom is 0.126 e. The largest absolute Gasteiger partial charge is 0.496 e. The molecule has 1 radical (unpaired) electrons. The lowest BCUT2D eigenvalue weighted by Crippen LogP contribution is -1.92. The number of hydrogen-bond acceptors (Lipinski definition) is 2. The van der Waals surface area contributed by atoms with Crippen LogP contribution in [0.5, 0.6) is 5.75 Å². The normalized spacial score (nSPS) is 9.93. The molecule has 0 unspecified atom stereocenters. The van der Waals surface area contributed by atoms with Crippen LogP contribution < -0.4 is 10.5 Å².